The largest absolute Gasteiger partial charge is 0.494 e. The summed E-state index contributed by atoms with van der Waals surface area (Å²) in [6.45, 7) is 4.49. The van der Waals surface area contributed by atoms with Crippen molar-refractivity contribution >= 4 is 17.5 Å². The molecule has 0 bridgehead atoms. The first-order valence-electron chi connectivity index (χ1n) is 10.1. The molecule has 2 heterocycles. The summed E-state index contributed by atoms with van der Waals surface area (Å²) >= 11 is 0. The van der Waals surface area contributed by atoms with Gasteiger partial charge < -0.3 is 24.8 Å². The summed E-state index contributed by atoms with van der Waals surface area (Å²) < 4.78 is 7.32. The zero-order valence-electron chi connectivity index (χ0n) is 17.3. The molecular formula is C21H29N5O3. The molecule has 8 nitrogen and oxygen atoms in total. The Balaban J connectivity index is 1.76. The Hall–Kier alpha value is -2.87. The maximum absolute atomic E-state index is 12.9. The number of hydrogen-bond acceptors (Lipinski definition) is 5. The summed E-state index contributed by atoms with van der Waals surface area (Å²) in [6, 6.07) is 7.21. The first-order valence-corrected chi connectivity index (χ1v) is 10.1. The molecule has 1 aromatic heterocycles. The number of imidazole rings is 1. The predicted octanol–water partition coefficient (Wildman–Crippen LogP) is 2.16. The smallest absolute Gasteiger partial charge is 0.287 e. The van der Waals surface area contributed by atoms with Gasteiger partial charge in [0.15, 0.2) is 11.5 Å². The number of anilines is 1. The van der Waals surface area contributed by atoms with Crippen LogP contribution >= 0.6 is 0 Å². The highest BCUT2D eigenvalue weighted by Gasteiger charge is 2.27. The minimum Gasteiger partial charge on any atom is -0.494 e. The fraction of sp³-hybridized carbons (Fsp3) is 0.476. The van der Waals surface area contributed by atoms with Crippen molar-refractivity contribution in [1.29, 1.82) is 0 Å². The predicted molar refractivity (Wildman–Crippen MR) is 112 cm³/mol. The number of fused-ring (bicyclic) bond motifs is 1. The van der Waals surface area contributed by atoms with Gasteiger partial charge in [0.1, 0.15) is 5.75 Å². The molecule has 8 heteroatoms. The summed E-state index contributed by atoms with van der Waals surface area (Å²) in [4.78, 5) is 31.9. The van der Waals surface area contributed by atoms with Crippen LogP contribution in [0, 0.1) is 0 Å². The molecule has 29 heavy (non-hydrogen) atoms. The van der Waals surface area contributed by atoms with Gasteiger partial charge in [0, 0.05) is 25.3 Å². The Kier molecular flexibility index (Phi) is 6.87. The van der Waals surface area contributed by atoms with Crippen molar-refractivity contribution in [3.05, 3.63) is 41.5 Å². The van der Waals surface area contributed by atoms with Crippen LogP contribution in [-0.2, 0) is 13.0 Å². The highest BCUT2D eigenvalue weighted by Crippen LogP contribution is 2.23. The first-order chi connectivity index (χ1) is 14.0. The zero-order chi connectivity index (χ0) is 20.8. The lowest BCUT2D eigenvalue weighted by Crippen LogP contribution is -2.33. The molecule has 0 saturated carbocycles. The van der Waals surface area contributed by atoms with Crippen molar-refractivity contribution in [2.24, 2.45) is 0 Å². The molecule has 1 aliphatic heterocycles. The second-order valence-electron chi connectivity index (χ2n) is 7.31. The topological polar surface area (TPSA) is 88.5 Å². The van der Waals surface area contributed by atoms with Crippen molar-refractivity contribution in [3.63, 3.8) is 0 Å². The van der Waals surface area contributed by atoms with Gasteiger partial charge in [-0.1, -0.05) is 0 Å². The van der Waals surface area contributed by atoms with Crippen molar-refractivity contribution in [2.45, 2.75) is 32.7 Å². The second kappa shape index (κ2) is 9.56. The number of benzene rings is 1. The van der Waals surface area contributed by atoms with E-state index < -0.39 is 0 Å². The minimum atomic E-state index is -0.299. The van der Waals surface area contributed by atoms with Crippen molar-refractivity contribution in [2.75, 3.05) is 39.1 Å². The SMILES string of the molecule is CCOc1ccc(NC(=O)c2nc(C(=O)NCCN(C)C)n3c2CCCC3)cc1. The molecule has 1 aromatic carbocycles. The van der Waals surface area contributed by atoms with Crippen LogP contribution in [0.15, 0.2) is 24.3 Å². The lowest BCUT2D eigenvalue weighted by Gasteiger charge is -2.17. The van der Waals surface area contributed by atoms with E-state index in [9.17, 15) is 9.59 Å². The van der Waals surface area contributed by atoms with E-state index in [1.165, 1.54) is 0 Å². The number of likely N-dealkylation sites (N-methyl/N-ethyl adjacent to an activating group) is 1. The lowest BCUT2D eigenvalue weighted by atomic mass is 10.1. The Morgan fingerprint density at radius 3 is 2.62 bits per heavy atom. The van der Waals surface area contributed by atoms with Crippen LogP contribution in [0.3, 0.4) is 0 Å². The monoisotopic (exact) mass is 399 g/mol. The molecule has 2 N–H and O–H groups in total. The maximum Gasteiger partial charge on any atom is 0.287 e. The zero-order valence-corrected chi connectivity index (χ0v) is 17.3. The van der Waals surface area contributed by atoms with Gasteiger partial charge in [-0.2, -0.15) is 0 Å². The van der Waals surface area contributed by atoms with Crippen LogP contribution in [-0.4, -0.2) is 60.1 Å². The summed E-state index contributed by atoms with van der Waals surface area (Å²) in [5.41, 5.74) is 1.82. The molecule has 2 aromatic rings. The normalized spacial score (nSPS) is 13.1. The van der Waals surface area contributed by atoms with Gasteiger partial charge in [0.05, 0.1) is 12.3 Å². The molecule has 1 aliphatic rings. The maximum atomic E-state index is 12.9. The van der Waals surface area contributed by atoms with Gasteiger partial charge in [0.2, 0.25) is 0 Å². The lowest BCUT2D eigenvalue weighted by molar-refractivity contribution is 0.0935. The van der Waals surface area contributed by atoms with Gasteiger partial charge in [0.25, 0.3) is 11.8 Å². The van der Waals surface area contributed by atoms with Crippen LogP contribution in [0.2, 0.25) is 0 Å². The third-order valence-corrected chi connectivity index (χ3v) is 4.80. The van der Waals surface area contributed by atoms with Crippen LogP contribution < -0.4 is 15.4 Å². The van der Waals surface area contributed by atoms with Gasteiger partial charge in [-0.15, -0.1) is 0 Å². The number of hydrogen-bond donors (Lipinski definition) is 2. The van der Waals surface area contributed by atoms with Crippen LogP contribution in [0.4, 0.5) is 5.69 Å². The quantitative estimate of drug-likeness (QED) is 0.710. The number of nitrogens with zero attached hydrogens (tertiary/aromatic N) is 3. The molecule has 3 rings (SSSR count). The number of aromatic nitrogens is 2. The highest BCUT2D eigenvalue weighted by atomic mass is 16.5. The van der Waals surface area contributed by atoms with Crippen molar-refractivity contribution in [1.82, 2.24) is 19.8 Å². The van der Waals surface area contributed by atoms with E-state index in [1.54, 1.807) is 12.1 Å². The number of amides is 2. The van der Waals surface area contributed by atoms with Gasteiger partial charge in [-0.05, 0) is 64.5 Å². The molecule has 2 amide bonds. The molecule has 0 spiro atoms. The van der Waals surface area contributed by atoms with E-state index in [1.807, 2.05) is 42.6 Å². The fourth-order valence-electron chi connectivity index (χ4n) is 3.36. The Bertz CT molecular complexity index is 858. The van der Waals surface area contributed by atoms with Gasteiger partial charge >= 0.3 is 0 Å². The molecule has 0 fully saturated rings. The molecule has 156 valence electrons. The summed E-state index contributed by atoms with van der Waals surface area (Å²) in [5, 5.41) is 5.77. The minimum absolute atomic E-state index is 0.241. The van der Waals surface area contributed by atoms with Crippen LogP contribution in [0.1, 0.15) is 46.6 Å². The molecule has 0 saturated heterocycles. The Morgan fingerprint density at radius 2 is 1.93 bits per heavy atom. The van der Waals surface area contributed by atoms with E-state index in [0.29, 0.717) is 36.9 Å². The third-order valence-electron chi connectivity index (χ3n) is 4.80. The van der Waals surface area contributed by atoms with Gasteiger partial charge in [-0.25, -0.2) is 4.98 Å². The van der Waals surface area contributed by atoms with Gasteiger partial charge in [-0.3, -0.25) is 9.59 Å². The Morgan fingerprint density at radius 1 is 1.17 bits per heavy atom. The van der Waals surface area contributed by atoms with E-state index in [2.05, 4.69) is 15.6 Å². The van der Waals surface area contributed by atoms with E-state index >= 15 is 0 Å². The molecular weight excluding hydrogens is 370 g/mol. The van der Waals surface area contributed by atoms with Crippen LogP contribution in [0.5, 0.6) is 5.75 Å². The average molecular weight is 399 g/mol. The summed E-state index contributed by atoms with van der Waals surface area (Å²) in [6.07, 6.45) is 2.70. The highest BCUT2D eigenvalue weighted by molar-refractivity contribution is 6.05. The number of carbonyl (C=O) groups excluding carboxylic acids is 2. The first kappa shape index (κ1) is 20.9. The fourth-order valence-corrected chi connectivity index (χ4v) is 3.36. The molecule has 0 atom stereocenters. The molecule has 0 radical (unpaired) electrons. The number of ether oxygens (including phenoxy) is 1. The Labute approximate surface area is 171 Å². The van der Waals surface area contributed by atoms with E-state index in [0.717, 1.165) is 37.3 Å². The third kappa shape index (κ3) is 5.14. The van der Waals surface area contributed by atoms with Crippen LogP contribution in [0.25, 0.3) is 0 Å². The van der Waals surface area contributed by atoms with E-state index in [-0.39, 0.29) is 11.8 Å². The molecule has 0 unspecified atom stereocenters. The number of nitrogens with one attached hydrogen (secondary N) is 2. The second-order valence-corrected chi connectivity index (χ2v) is 7.31. The van der Waals surface area contributed by atoms with E-state index in [4.69, 9.17) is 4.74 Å². The number of rotatable bonds is 8. The number of carbonyl (C=O) groups is 2. The standard InChI is InChI=1S/C21H29N5O3/c1-4-29-16-10-8-15(9-11-16)23-20(27)18-17-7-5-6-13-26(17)19(24-18)21(28)22-12-14-25(2)3/h8-11H,4-7,12-14H2,1-3H3,(H,22,28)(H,23,27). The molecule has 0 aliphatic carbocycles. The summed E-state index contributed by atoms with van der Waals surface area (Å²) in [7, 11) is 3.90. The van der Waals surface area contributed by atoms with Crippen molar-refractivity contribution < 1.29 is 14.3 Å². The average Bonchev–Trinajstić information content (AvgIpc) is 3.09. The summed E-state index contributed by atoms with van der Waals surface area (Å²) in [5.74, 6) is 0.527. The van der Waals surface area contributed by atoms with Crippen molar-refractivity contribution in [3.8, 4) is 5.75 Å².